The molecule has 1 aromatic carbocycles. The molecule has 0 unspecified atom stereocenters. The molecule has 5 nitrogen and oxygen atoms in total. The highest BCUT2D eigenvalue weighted by Crippen LogP contribution is 1.99. The molecule has 1 rings (SSSR count). The first-order chi connectivity index (χ1) is 7.43. The molecule has 88 valence electrons. The van der Waals surface area contributed by atoms with E-state index in [0.717, 1.165) is 4.31 Å². The molecule has 0 amide bonds. The highest BCUT2D eigenvalue weighted by atomic mass is 32.2. The lowest BCUT2D eigenvalue weighted by Crippen LogP contribution is -2.38. The van der Waals surface area contributed by atoms with Crippen molar-refractivity contribution in [3.63, 3.8) is 0 Å². The van der Waals surface area contributed by atoms with E-state index in [4.69, 9.17) is 0 Å². The molecule has 0 atom stereocenters. The predicted octanol–water partition coefficient (Wildman–Crippen LogP) is 0.265. The minimum Gasteiger partial charge on any atom is -0.293 e. The Morgan fingerprint density at radius 3 is 2.31 bits per heavy atom. The van der Waals surface area contributed by atoms with E-state index in [-0.39, 0.29) is 12.3 Å². The van der Waals surface area contributed by atoms with E-state index in [0.29, 0.717) is 5.56 Å². The van der Waals surface area contributed by atoms with E-state index >= 15 is 0 Å². The average molecular weight is 242 g/mol. The van der Waals surface area contributed by atoms with Crippen molar-refractivity contribution in [1.82, 2.24) is 9.03 Å². The van der Waals surface area contributed by atoms with Gasteiger partial charge in [-0.3, -0.25) is 4.79 Å². The fourth-order valence-corrected chi connectivity index (χ4v) is 1.58. The predicted molar refractivity (Wildman–Crippen MR) is 61.4 cm³/mol. The van der Waals surface area contributed by atoms with Gasteiger partial charge < -0.3 is 0 Å². The van der Waals surface area contributed by atoms with Crippen LogP contribution in [-0.2, 0) is 10.2 Å². The summed E-state index contributed by atoms with van der Waals surface area (Å²) in [4.78, 5) is 11.6. The molecule has 1 aromatic rings. The summed E-state index contributed by atoms with van der Waals surface area (Å²) in [6, 6.07) is 8.54. The monoisotopic (exact) mass is 242 g/mol. The van der Waals surface area contributed by atoms with Crippen molar-refractivity contribution in [3.05, 3.63) is 35.9 Å². The number of Topliss-reactive ketones (excluding diaryl/α,β-unsaturated/α-hetero) is 1. The van der Waals surface area contributed by atoms with Gasteiger partial charge in [-0.25, -0.2) is 0 Å². The Balaban J connectivity index is 2.62. The second kappa shape index (κ2) is 5.20. The molecule has 1 N–H and O–H groups in total. The van der Waals surface area contributed by atoms with Gasteiger partial charge in [0.15, 0.2) is 5.78 Å². The second-order valence-corrected chi connectivity index (χ2v) is 5.37. The summed E-state index contributed by atoms with van der Waals surface area (Å²) in [6.07, 6.45) is 0. The number of hydrogen-bond donors (Lipinski definition) is 1. The summed E-state index contributed by atoms with van der Waals surface area (Å²) in [5.41, 5.74) is 0.490. The molecule has 0 fully saturated rings. The molecule has 0 saturated heterocycles. The van der Waals surface area contributed by atoms with Gasteiger partial charge in [-0.15, -0.1) is 0 Å². The van der Waals surface area contributed by atoms with Gasteiger partial charge in [0.2, 0.25) is 0 Å². The van der Waals surface area contributed by atoms with Gasteiger partial charge in [-0.2, -0.15) is 17.4 Å². The Bertz CT molecular complexity index is 454. The van der Waals surface area contributed by atoms with Crippen LogP contribution in [0.25, 0.3) is 0 Å². The van der Waals surface area contributed by atoms with Crippen molar-refractivity contribution in [3.8, 4) is 0 Å². The van der Waals surface area contributed by atoms with Gasteiger partial charge in [0.1, 0.15) is 0 Å². The average Bonchev–Trinajstić information content (AvgIpc) is 2.27. The van der Waals surface area contributed by atoms with Crippen molar-refractivity contribution >= 4 is 16.0 Å². The first kappa shape index (κ1) is 12.8. The molecule has 0 aliphatic rings. The third-order valence-electron chi connectivity index (χ3n) is 1.99. The van der Waals surface area contributed by atoms with E-state index in [2.05, 4.69) is 4.72 Å². The highest BCUT2D eigenvalue weighted by Gasteiger charge is 2.14. The number of hydrogen-bond acceptors (Lipinski definition) is 3. The third kappa shape index (κ3) is 3.41. The van der Waals surface area contributed by atoms with Crippen molar-refractivity contribution in [2.45, 2.75) is 0 Å². The van der Waals surface area contributed by atoms with Crippen molar-refractivity contribution in [1.29, 1.82) is 0 Å². The van der Waals surface area contributed by atoms with Crippen LogP contribution in [0.5, 0.6) is 0 Å². The molecule has 0 radical (unpaired) electrons. The molecule has 0 heterocycles. The SMILES string of the molecule is CN(C)S(=O)(=O)NCC(=O)c1ccccc1. The van der Waals surface area contributed by atoms with Crippen LogP contribution in [0, 0.1) is 0 Å². The van der Waals surface area contributed by atoms with Crippen LogP contribution < -0.4 is 4.72 Å². The lowest BCUT2D eigenvalue weighted by atomic mass is 10.1. The Morgan fingerprint density at radius 1 is 1.25 bits per heavy atom. The van der Waals surface area contributed by atoms with E-state index in [1.807, 2.05) is 0 Å². The van der Waals surface area contributed by atoms with Gasteiger partial charge >= 0.3 is 0 Å². The molecule has 6 heteroatoms. The fourth-order valence-electron chi connectivity index (χ4n) is 1.01. The van der Waals surface area contributed by atoms with Gasteiger partial charge in [0.25, 0.3) is 10.2 Å². The summed E-state index contributed by atoms with van der Waals surface area (Å²) in [5.74, 6) is -0.258. The Morgan fingerprint density at radius 2 is 1.81 bits per heavy atom. The number of rotatable bonds is 5. The van der Waals surface area contributed by atoms with Crippen LogP contribution in [0.3, 0.4) is 0 Å². The van der Waals surface area contributed by atoms with Crippen molar-refractivity contribution < 1.29 is 13.2 Å². The Hall–Kier alpha value is -1.24. The standard InChI is InChI=1S/C10H14N2O3S/c1-12(2)16(14,15)11-8-10(13)9-6-4-3-5-7-9/h3-7,11H,8H2,1-2H3. The highest BCUT2D eigenvalue weighted by molar-refractivity contribution is 7.87. The Kier molecular flexibility index (Phi) is 4.17. The summed E-state index contributed by atoms with van der Waals surface area (Å²) < 4.78 is 25.9. The fraction of sp³-hybridized carbons (Fsp3) is 0.300. The second-order valence-electron chi connectivity index (χ2n) is 3.40. The maximum absolute atomic E-state index is 11.6. The van der Waals surface area contributed by atoms with Gasteiger partial charge in [-0.05, 0) is 0 Å². The van der Waals surface area contributed by atoms with Crippen LogP contribution in [0.2, 0.25) is 0 Å². The maximum Gasteiger partial charge on any atom is 0.279 e. The molecular weight excluding hydrogens is 228 g/mol. The van der Waals surface area contributed by atoms with E-state index < -0.39 is 10.2 Å². The van der Waals surface area contributed by atoms with Crippen molar-refractivity contribution in [2.24, 2.45) is 0 Å². The molecule has 0 saturated carbocycles. The minimum absolute atomic E-state index is 0.232. The van der Waals surface area contributed by atoms with Crippen LogP contribution in [0.1, 0.15) is 10.4 Å². The number of carbonyl (C=O) groups is 1. The molecule has 0 aliphatic heterocycles. The smallest absolute Gasteiger partial charge is 0.279 e. The summed E-state index contributed by atoms with van der Waals surface area (Å²) in [6.45, 7) is -0.232. The van der Waals surface area contributed by atoms with Crippen LogP contribution in [0.4, 0.5) is 0 Å². The van der Waals surface area contributed by atoms with Crippen molar-refractivity contribution in [2.75, 3.05) is 20.6 Å². The van der Waals surface area contributed by atoms with Gasteiger partial charge in [0.05, 0.1) is 6.54 Å². The summed E-state index contributed by atoms with van der Waals surface area (Å²) in [7, 11) is -0.742. The molecule has 0 spiro atoms. The van der Waals surface area contributed by atoms with Crippen LogP contribution in [0.15, 0.2) is 30.3 Å². The third-order valence-corrected chi connectivity index (χ3v) is 3.46. The van der Waals surface area contributed by atoms with E-state index in [1.165, 1.54) is 14.1 Å². The lowest BCUT2D eigenvalue weighted by Gasteiger charge is -2.11. The molecule has 0 bridgehead atoms. The number of benzene rings is 1. The zero-order valence-corrected chi connectivity index (χ0v) is 9.99. The van der Waals surface area contributed by atoms with E-state index in [9.17, 15) is 13.2 Å². The minimum atomic E-state index is -3.54. The number of ketones is 1. The van der Waals surface area contributed by atoms with Crippen LogP contribution >= 0.6 is 0 Å². The van der Waals surface area contributed by atoms with E-state index in [1.54, 1.807) is 30.3 Å². The molecule has 0 aromatic heterocycles. The number of nitrogens with one attached hydrogen (secondary N) is 1. The van der Waals surface area contributed by atoms with Gasteiger partial charge in [-0.1, -0.05) is 30.3 Å². The summed E-state index contributed by atoms with van der Waals surface area (Å²) in [5, 5.41) is 0. The van der Waals surface area contributed by atoms with Gasteiger partial charge in [0, 0.05) is 19.7 Å². The largest absolute Gasteiger partial charge is 0.293 e. The molecule has 0 aliphatic carbocycles. The number of nitrogens with zero attached hydrogens (tertiary/aromatic N) is 1. The first-order valence-corrected chi connectivity index (χ1v) is 6.13. The maximum atomic E-state index is 11.6. The zero-order chi connectivity index (χ0) is 12.2. The topological polar surface area (TPSA) is 66.5 Å². The number of carbonyl (C=O) groups excluding carboxylic acids is 1. The van der Waals surface area contributed by atoms with Crippen LogP contribution in [-0.4, -0.2) is 39.1 Å². The molecule has 16 heavy (non-hydrogen) atoms. The quantitative estimate of drug-likeness (QED) is 0.753. The normalized spacial score (nSPS) is 11.7. The molecular formula is C10H14N2O3S. The lowest BCUT2D eigenvalue weighted by molar-refractivity contribution is 0.0996. The Labute approximate surface area is 95.3 Å². The first-order valence-electron chi connectivity index (χ1n) is 4.69. The summed E-state index contributed by atoms with van der Waals surface area (Å²) >= 11 is 0. The zero-order valence-electron chi connectivity index (χ0n) is 9.17.